The van der Waals surface area contributed by atoms with Crippen LogP contribution in [-0.4, -0.2) is 61.2 Å². The molecule has 0 aromatic rings. The second-order valence-corrected chi connectivity index (χ2v) is 7.03. The fourth-order valence-corrected chi connectivity index (χ4v) is 3.50. The van der Waals surface area contributed by atoms with Crippen molar-refractivity contribution < 1.29 is 13.3 Å². The molecule has 0 fully saturated rings. The molecule has 6 nitrogen and oxygen atoms in total. The molecule has 0 atom stereocenters. The smallest absolute Gasteiger partial charge is 0.377 e. The van der Waals surface area contributed by atoms with Crippen LogP contribution in [0.5, 0.6) is 0 Å². The van der Waals surface area contributed by atoms with Crippen LogP contribution in [0, 0.1) is 11.3 Å². The number of rotatable bonds is 11. The van der Waals surface area contributed by atoms with Gasteiger partial charge in [-0.2, -0.15) is 5.26 Å². The van der Waals surface area contributed by atoms with Gasteiger partial charge in [0.25, 0.3) is 0 Å². The lowest BCUT2D eigenvalue weighted by Gasteiger charge is -2.26. The van der Waals surface area contributed by atoms with Crippen LogP contribution in [0.4, 0.5) is 0 Å². The Kier molecular flexibility index (Phi) is 10.1. The molecule has 0 aromatic heterocycles. The van der Waals surface area contributed by atoms with Gasteiger partial charge in [-0.15, -0.1) is 0 Å². The lowest BCUT2D eigenvalue weighted by molar-refractivity contribution is 0.121. The Morgan fingerprint density at radius 3 is 2.17 bits per heavy atom. The van der Waals surface area contributed by atoms with E-state index < -0.39 is 8.80 Å². The summed E-state index contributed by atoms with van der Waals surface area (Å²) in [5.74, 6) is 0. The van der Waals surface area contributed by atoms with E-state index in [1.54, 1.807) is 21.3 Å². The molecule has 0 radical (unpaired) electrons. The average Bonchev–Trinajstić information content (AvgIpc) is 2.41. The zero-order chi connectivity index (χ0) is 13.9. The highest BCUT2D eigenvalue weighted by Crippen LogP contribution is 2.15. The highest BCUT2D eigenvalue weighted by atomic mass is 28.4. The Labute approximate surface area is 111 Å². The predicted octanol–water partition coefficient (Wildman–Crippen LogP) is 0.429. The van der Waals surface area contributed by atoms with Crippen LogP contribution >= 0.6 is 0 Å². The van der Waals surface area contributed by atoms with Gasteiger partial charge in [-0.1, -0.05) is 0 Å². The van der Waals surface area contributed by atoms with Gasteiger partial charge < -0.3 is 23.9 Å². The molecule has 0 aliphatic heterocycles. The minimum Gasteiger partial charge on any atom is -0.377 e. The summed E-state index contributed by atoms with van der Waals surface area (Å²) in [6.45, 7) is 3.05. The predicted molar refractivity (Wildman–Crippen MR) is 71.9 cm³/mol. The van der Waals surface area contributed by atoms with Crippen molar-refractivity contribution in [1.82, 2.24) is 4.90 Å². The molecule has 0 spiro atoms. The Hall–Kier alpha value is -0.493. The summed E-state index contributed by atoms with van der Waals surface area (Å²) in [4.78, 5) is 2.18. The normalized spacial score (nSPS) is 11.8. The molecule has 0 heterocycles. The second-order valence-electron chi connectivity index (χ2n) is 3.94. The summed E-state index contributed by atoms with van der Waals surface area (Å²) < 4.78 is 16.1. The monoisotopic (exact) mass is 275 g/mol. The van der Waals surface area contributed by atoms with E-state index >= 15 is 0 Å². The van der Waals surface area contributed by atoms with E-state index in [0.29, 0.717) is 13.0 Å². The summed E-state index contributed by atoms with van der Waals surface area (Å²) in [6, 6.07) is 2.92. The van der Waals surface area contributed by atoms with Gasteiger partial charge in [-0.3, -0.25) is 0 Å². The lowest BCUT2D eigenvalue weighted by atomic mass is 10.3. The Balaban J connectivity index is 4.06. The lowest BCUT2D eigenvalue weighted by Crippen LogP contribution is -2.43. The van der Waals surface area contributed by atoms with Crippen LogP contribution in [-0.2, 0) is 13.3 Å². The van der Waals surface area contributed by atoms with Crippen molar-refractivity contribution in [2.75, 3.05) is 47.5 Å². The fraction of sp³-hybridized carbons (Fsp3) is 0.909. The summed E-state index contributed by atoms with van der Waals surface area (Å²) in [5.41, 5.74) is 5.55. The Morgan fingerprint density at radius 1 is 1.11 bits per heavy atom. The van der Waals surface area contributed by atoms with Crippen LogP contribution in [0.1, 0.15) is 12.8 Å². The molecule has 0 saturated carbocycles. The van der Waals surface area contributed by atoms with Gasteiger partial charge in [0.1, 0.15) is 0 Å². The van der Waals surface area contributed by atoms with E-state index in [1.807, 2.05) is 0 Å². The highest BCUT2D eigenvalue weighted by molar-refractivity contribution is 6.60. The van der Waals surface area contributed by atoms with Crippen LogP contribution in [0.25, 0.3) is 0 Å². The van der Waals surface area contributed by atoms with Gasteiger partial charge in [-0.05, 0) is 13.0 Å². The molecule has 18 heavy (non-hydrogen) atoms. The molecule has 0 bridgehead atoms. The maximum Gasteiger partial charge on any atom is 0.500 e. The minimum atomic E-state index is -2.46. The van der Waals surface area contributed by atoms with E-state index in [2.05, 4.69) is 11.0 Å². The Morgan fingerprint density at radius 2 is 1.72 bits per heavy atom. The number of nitriles is 1. The quantitative estimate of drug-likeness (QED) is 0.551. The third kappa shape index (κ3) is 6.44. The molecule has 0 aliphatic rings. The van der Waals surface area contributed by atoms with Crippen molar-refractivity contribution in [2.24, 2.45) is 5.73 Å². The molecule has 7 heteroatoms. The van der Waals surface area contributed by atoms with Gasteiger partial charge in [0.15, 0.2) is 0 Å². The summed E-state index contributed by atoms with van der Waals surface area (Å²) >= 11 is 0. The van der Waals surface area contributed by atoms with Gasteiger partial charge in [0.05, 0.1) is 6.07 Å². The third-order valence-electron chi connectivity index (χ3n) is 2.88. The zero-order valence-electron chi connectivity index (χ0n) is 11.6. The first-order chi connectivity index (χ1) is 8.67. The van der Waals surface area contributed by atoms with Crippen LogP contribution in [0.2, 0.25) is 6.04 Å². The van der Waals surface area contributed by atoms with Gasteiger partial charge >= 0.3 is 8.80 Å². The molecular weight excluding hydrogens is 250 g/mol. The number of hydrogen-bond acceptors (Lipinski definition) is 6. The zero-order valence-corrected chi connectivity index (χ0v) is 12.6. The van der Waals surface area contributed by atoms with Crippen molar-refractivity contribution in [3.05, 3.63) is 0 Å². The summed E-state index contributed by atoms with van der Waals surface area (Å²) in [5, 5.41) is 8.59. The average molecular weight is 275 g/mol. The SMILES string of the molecule is CO[Si](CCCN(CCN)CCC#N)(OC)OC. The van der Waals surface area contributed by atoms with Crippen LogP contribution in [0.3, 0.4) is 0 Å². The second kappa shape index (κ2) is 10.4. The topological polar surface area (TPSA) is 80.7 Å². The Bertz CT molecular complexity index is 236. The third-order valence-corrected chi connectivity index (χ3v) is 5.71. The molecule has 0 amide bonds. The first-order valence-electron chi connectivity index (χ1n) is 6.12. The van der Waals surface area contributed by atoms with Crippen LogP contribution < -0.4 is 5.73 Å². The molecule has 106 valence electrons. The standard InChI is InChI=1S/C11H25N3O3Si/c1-15-18(16-2,17-3)11-5-9-14(10-7-13)8-4-6-12/h4-5,7-11,13H2,1-3H3. The van der Waals surface area contributed by atoms with E-state index in [1.165, 1.54) is 0 Å². The van der Waals surface area contributed by atoms with Crippen molar-refractivity contribution >= 4 is 8.80 Å². The minimum absolute atomic E-state index is 0.529. The molecular formula is C11H25N3O3Si. The van der Waals surface area contributed by atoms with Crippen molar-refractivity contribution in [1.29, 1.82) is 5.26 Å². The number of nitrogens with zero attached hydrogens (tertiary/aromatic N) is 2. The molecule has 2 N–H and O–H groups in total. The number of nitrogens with two attached hydrogens (primary N) is 1. The molecule has 0 unspecified atom stereocenters. The number of hydrogen-bond donors (Lipinski definition) is 1. The molecule has 0 saturated heterocycles. The summed E-state index contributed by atoms with van der Waals surface area (Å²) in [7, 11) is 2.39. The van der Waals surface area contributed by atoms with Crippen LogP contribution in [0.15, 0.2) is 0 Å². The van der Waals surface area contributed by atoms with Crippen molar-refractivity contribution in [3.63, 3.8) is 0 Å². The maximum atomic E-state index is 8.59. The van der Waals surface area contributed by atoms with E-state index in [-0.39, 0.29) is 0 Å². The van der Waals surface area contributed by atoms with E-state index in [0.717, 1.165) is 32.1 Å². The largest absolute Gasteiger partial charge is 0.500 e. The highest BCUT2D eigenvalue weighted by Gasteiger charge is 2.36. The first-order valence-corrected chi connectivity index (χ1v) is 8.06. The summed E-state index contributed by atoms with van der Waals surface area (Å²) in [6.07, 6.45) is 1.44. The van der Waals surface area contributed by atoms with Gasteiger partial charge in [0.2, 0.25) is 0 Å². The first kappa shape index (κ1) is 17.5. The molecule has 0 aliphatic carbocycles. The van der Waals surface area contributed by atoms with Crippen molar-refractivity contribution in [2.45, 2.75) is 18.9 Å². The van der Waals surface area contributed by atoms with Crippen molar-refractivity contribution in [3.8, 4) is 6.07 Å². The van der Waals surface area contributed by atoms with Gasteiger partial charge in [-0.25, -0.2) is 0 Å². The van der Waals surface area contributed by atoms with E-state index in [9.17, 15) is 0 Å². The molecule has 0 rings (SSSR count). The fourth-order valence-electron chi connectivity index (χ4n) is 1.80. The maximum absolute atomic E-state index is 8.59. The van der Waals surface area contributed by atoms with E-state index in [4.69, 9.17) is 24.3 Å². The molecule has 0 aromatic carbocycles. The van der Waals surface area contributed by atoms with Gasteiger partial charge in [0, 0.05) is 53.4 Å².